The van der Waals surface area contributed by atoms with E-state index in [1.54, 1.807) is 21.9 Å². The predicted octanol–water partition coefficient (Wildman–Crippen LogP) is 1.30. The number of hydrogen-bond donors (Lipinski definition) is 0. The van der Waals surface area contributed by atoms with Crippen molar-refractivity contribution >= 4 is 11.8 Å². The molecule has 26 heavy (non-hydrogen) atoms. The van der Waals surface area contributed by atoms with Gasteiger partial charge in [0.15, 0.2) is 11.5 Å². The first kappa shape index (κ1) is 19.4. The lowest BCUT2D eigenvalue weighted by molar-refractivity contribution is -0.130. The van der Waals surface area contributed by atoms with Crippen LogP contribution in [0.1, 0.15) is 23.2 Å². The zero-order valence-electron chi connectivity index (χ0n) is 15.3. The Balaban J connectivity index is 2.18. The largest absolute Gasteiger partial charge is 0.493 e. The van der Waals surface area contributed by atoms with Crippen molar-refractivity contribution in [3.8, 4) is 23.3 Å². The van der Waals surface area contributed by atoms with Gasteiger partial charge < -0.3 is 24.0 Å². The molecule has 140 valence electrons. The minimum absolute atomic E-state index is 0.138. The van der Waals surface area contributed by atoms with Crippen LogP contribution in [0.2, 0.25) is 0 Å². The normalized spacial score (nSPS) is 14.2. The Morgan fingerprint density at radius 1 is 1.00 bits per heavy atom. The minimum Gasteiger partial charge on any atom is -0.493 e. The molecule has 2 rings (SSSR count). The van der Waals surface area contributed by atoms with Crippen molar-refractivity contribution < 1.29 is 23.8 Å². The van der Waals surface area contributed by atoms with E-state index in [0.29, 0.717) is 55.4 Å². The Labute approximate surface area is 152 Å². The summed E-state index contributed by atoms with van der Waals surface area (Å²) in [5.41, 5.74) is 0.427. The average Bonchev–Trinajstić information content (AvgIpc) is 2.92. The zero-order chi connectivity index (χ0) is 19.1. The van der Waals surface area contributed by atoms with Crippen molar-refractivity contribution in [3.05, 3.63) is 17.7 Å². The number of ether oxygens (including phenoxy) is 3. The van der Waals surface area contributed by atoms with Crippen molar-refractivity contribution in [3.63, 3.8) is 0 Å². The maximum absolute atomic E-state index is 12.9. The van der Waals surface area contributed by atoms with E-state index in [1.165, 1.54) is 21.3 Å². The molecule has 0 aliphatic carbocycles. The number of carbonyl (C=O) groups excluding carboxylic acids is 2. The number of nitriles is 1. The standard InChI is InChI=1S/C18H23N3O5/c1-24-14-11-13(12-15(25-2)17(14)26-3)18(23)21-8-4-7-20(9-10-21)16(22)5-6-19/h11-12H,4-5,7-10H2,1-3H3. The quantitative estimate of drug-likeness (QED) is 0.785. The van der Waals surface area contributed by atoms with Crippen LogP contribution in [-0.2, 0) is 4.79 Å². The molecule has 1 heterocycles. The molecule has 1 aromatic carbocycles. The minimum atomic E-state index is -0.199. The van der Waals surface area contributed by atoms with E-state index in [2.05, 4.69) is 0 Å². The summed E-state index contributed by atoms with van der Waals surface area (Å²) in [4.78, 5) is 28.1. The molecule has 0 spiro atoms. The first-order chi connectivity index (χ1) is 12.5. The molecule has 1 aliphatic rings. The number of hydrogen-bond acceptors (Lipinski definition) is 6. The lowest BCUT2D eigenvalue weighted by Crippen LogP contribution is -2.37. The number of methoxy groups -OCH3 is 3. The third-order valence-corrected chi connectivity index (χ3v) is 4.28. The van der Waals surface area contributed by atoms with E-state index in [1.807, 2.05) is 6.07 Å². The fraction of sp³-hybridized carbons (Fsp3) is 0.500. The van der Waals surface area contributed by atoms with Crippen LogP contribution in [0.5, 0.6) is 17.2 Å². The average molecular weight is 361 g/mol. The number of nitrogens with zero attached hydrogens (tertiary/aromatic N) is 3. The summed E-state index contributed by atoms with van der Waals surface area (Å²) in [7, 11) is 4.50. The molecular weight excluding hydrogens is 338 g/mol. The SMILES string of the molecule is COc1cc(C(=O)N2CCCN(C(=O)CC#N)CC2)cc(OC)c1OC. The van der Waals surface area contributed by atoms with Crippen LogP contribution in [0.25, 0.3) is 0 Å². The van der Waals surface area contributed by atoms with Gasteiger partial charge in [-0.1, -0.05) is 0 Å². The van der Waals surface area contributed by atoms with Crippen LogP contribution >= 0.6 is 0 Å². The maximum atomic E-state index is 12.9. The highest BCUT2D eigenvalue weighted by atomic mass is 16.5. The summed E-state index contributed by atoms with van der Waals surface area (Å²) < 4.78 is 15.9. The summed E-state index contributed by atoms with van der Waals surface area (Å²) in [5.74, 6) is 0.885. The van der Waals surface area contributed by atoms with Gasteiger partial charge >= 0.3 is 0 Å². The summed E-state index contributed by atoms with van der Waals surface area (Å²) in [5, 5.41) is 8.67. The third kappa shape index (κ3) is 4.17. The smallest absolute Gasteiger partial charge is 0.254 e. The summed E-state index contributed by atoms with van der Waals surface area (Å²) in [6.07, 6.45) is 0.522. The van der Waals surface area contributed by atoms with Gasteiger partial charge in [-0.15, -0.1) is 0 Å². The van der Waals surface area contributed by atoms with Crippen LogP contribution in [0, 0.1) is 11.3 Å². The van der Waals surface area contributed by atoms with Crippen LogP contribution in [0.4, 0.5) is 0 Å². The first-order valence-corrected chi connectivity index (χ1v) is 8.29. The van der Waals surface area contributed by atoms with Crippen LogP contribution in [0.15, 0.2) is 12.1 Å². The summed E-state index contributed by atoms with van der Waals surface area (Å²) in [6.45, 7) is 1.90. The molecule has 8 heteroatoms. The van der Waals surface area contributed by atoms with Gasteiger partial charge in [0.05, 0.1) is 27.4 Å². The lowest BCUT2D eigenvalue weighted by atomic mass is 10.1. The maximum Gasteiger partial charge on any atom is 0.254 e. The van der Waals surface area contributed by atoms with Crippen molar-refractivity contribution in [2.24, 2.45) is 0 Å². The molecule has 1 aliphatic heterocycles. The van der Waals surface area contributed by atoms with E-state index in [9.17, 15) is 9.59 Å². The van der Waals surface area contributed by atoms with Crippen LogP contribution in [-0.4, -0.2) is 69.1 Å². The summed E-state index contributed by atoms with van der Waals surface area (Å²) in [6, 6.07) is 5.11. The molecule has 0 N–H and O–H groups in total. The monoisotopic (exact) mass is 361 g/mol. The molecule has 8 nitrogen and oxygen atoms in total. The molecule has 1 aromatic rings. The molecule has 2 amide bonds. The highest BCUT2D eigenvalue weighted by Gasteiger charge is 2.24. The van der Waals surface area contributed by atoms with Crippen molar-refractivity contribution in [2.75, 3.05) is 47.5 Å². The fourth-order valence-electron chi connectivity index (χ4n) is 2.94. The Hall–Kier alpha value is -2.95. The topological polar surface area (TPSA) is 92.1 Å². The summed E-state index contributed by atoms with van der Waals surface area (Å²) >= 11 is 0. The van der Waals surface area contributed by atoms with Gasteiger partial charge in [-0.05, 0) is 18.6 Å². The molecule has 0 unspecified atom stereocenters. The van der Waals surface area contributed by atoms with Crippen molar-refractivity contribution in [1.82, 2.24) is 9.80 Å². The van der Waals surface area contributed by atoms with Crippen LogP contribution < -0.4 is 14.2 Å². The van der Waals surface area contributed by atoms with E-state index >= 15 is 0 Å². The fourth-order valence-corrected chi connectivity index (χ4v) is 2.94. The number of rotatable bonds is 5. The Morgan fingerprint density at radius 2 is 1.58 bits per heavy atom. The van der Waals surface area contributed by atoms with E-state index in [4.69, 9.17) is 19.5 Å². The highest BCUT2D eigenvalue weighted by Crippen LogP contribution is 2.38. The van der Waals surface area contributed by atoms with Crippen molar-refractivity contribution in [1.29, 1.82) is 5.26 Å². The number of amides is 2. The zero-order valence-corrected chi connectivity index (χ0v) is 15.3. The lowest BCUT2D eigenvalue weighted by Gasteiger charge is -2.22. The van der Waals surface area contributed by atoms with Gasteiger partial charge in [0.2, 0.25) is 11.7 Å². The molecule has 0 radical (unpaired) electrons. The Bertz CT molecular complexity index is 688. The van der Waals surface area contributed by atoms with Gasteiger partial charge in [-0.25, -0.2) is 0 Å². The Morgan fingerprint density at radius 3 is 2.12 bits per heavy atom. The van der Waals surface area contributed by atoms with Crippen LogP contribution in [0.3, 0.4) is 0 Å². The third-order valence-electron chi connectivity index (χ3n) is 4.28. The molecular formula is C18H23N3O5. The van der Waals surface area contributed by atoms with Crippen molar-refractivity contribution in [2.45, 2.75) is 12.8 Å². The Kier molecular flexibility index (Phi) is 6.67. The van der Waals surface area contributed by atoms with Gasteiger partial charge in [0.1, 0.15) is 6.42 Å². The molecule has 0 aromatic heterocycles. The molecule has 0 atom stereocenters. The van der Waals surface area contributed by atoms with E-state index in [0.717, 1.165) is 0 Å². The van der Waals surface area contributed by atoms with Gasteiger partial charge in [0.25, 0.3) is 5.91 Å². The predicted molar refractivity (Wildman–Crippen MR) is 93.4 cm³/mol. The van der Waals surface area contributed by atoms with Gasteiger partial charge in [-0.3, -0.25) is 9.59 Å². The molecule has 0 saturated carbocycles. The van der Waals surface area contributed by atoms with Gasteiger partial charge in [-0.2, -0.15) is 5.26 Å². The van der Waals surface area contributed by atoms with E-state index < -0.39 is 0 Å². The van der Waals surface area contributed by atoms with E-state index in [-0.39, 0.29) is 18.2 Å². The second-order valence-electron chi connectivity index (χ2n) is 5.78. The van der Waals surface area contributed by atoms with Gasteiger partial charge in [0, 0.05) is 31.7 Å². The molecule has 1 saturated heterocycles. The highest BCUT2D eigenvalue weighted by molar-refractivity contribution is 5.95. The number of carbonyl (C=O) groups is 2. The number of benzene rings is 1. The molecule has 1 fully saturated rings. The second kappa shape index (κ2) is 8.94. The molecule has 0 bridgehead atoms. The first-order valence-electron chi connectivity index (χ1n) is 8.29. The second-order valence-corrected chi connectivity index (χ2v) is 5.78.